The van der Waals surface area contributed by atoms with Gasteiger partial charge in [-0.3, -0.25) is 9.10 Å². The summed E-state index contributed by atoms with van der Waals surface area (Å²) < 4.78 is 27.3. The van der Waals surface area contributed by atoms with Crippen molar-refractivity contribution in [3.63, 3.8) is 0 Å². The molecule has 0 atom stereocenters. The minimum atomic E-state index is -3.46. The highest BCUT2D eigenvalue weighted by atomic mass is 32.2. The fraction of sp³-hybridized carbons (Fsp3) is 0.318. The number of fused-ring (bicyclic) bond motifs is 1. The third kappa shape index (κ3) is 4.79. The van der Waals surface area contributed by atoms with Gasteiger partial charge in [0.25, 0.3) is 5.91 Å². The molecule has 0 fully saturated rings. The minimum Gasteiger partial charge on any atom is -0.339 e. The number of hydrogen-bond acceptors (Lipinski definition) is 4. The van der Waals surface area contributed by atoms with Crippen molar-refractivity contribution < 1.29 is 13.2 Å². The standard InChI is InChI=1S/C22H26N2O3S2/c1-5-23(6-2)22(25)21-14-18-13-19(11-12-20(18)28-21)24(29(4,26)27)15-17-9-7-16(3)8-10-17/h7-14H,5-6,15H2,1-4H3. The van der Waals surface area contributed by atoms with Gasteiger partial charge in [-0.2, -0.15) is 0 Å². The van der Waals surface area contributed by atoms with Crippen molar-refractivity contribution in [1.29, 1.82) is 0 Å². The number of hydrogen-bond donors (Lipinski definition) is 0. The quantitative estimate of drug-likeness (QED) is 0.548. The van der Waals surface area contributed by atoms with E-state index in [0.29, 0.717) is 23.7 Å². The Balaban J connectivity index is 1.97. The average molecular weight is 431 g/mol. The van der Waals surface area contributed by atoms with Crippen LogP contribution in [0.15, 0.2) is 48.5 Å². The maximum atomic E-state index is 12.7. The Hall–Kier alpha value is -2.38. The van der Waals surface area contributed by atoms with Crippen LogP contribution in [-0.4, -0.2) is 38.6 Å². The first kappa shape index (κ1) is 21.3. The zero-order valence-electron chi connectivity index (χ0n) is 17.2. The molecule has 154 valence electrons. The summed E-state index contributed by atoms with van der Waals surface area (Å²) in [6.45, 7) is 7.50. The minimum absolute atomic E-state index is 0.0115. The molecule has 1 amide bonds. The Morgan fingerprint density at radius 3 is 2.24 bits per heavy atom. The van der Waals surface area contributed by atoms with E-state index in [4.69, 9.17) is 0 Å². The first-order chi connectivity index (χ1) is 13.7. The molecule has 0 aliphatic rings. The monoisotopic (exact) mass is 430 g/mol. The molecule has 0 N–H and O–H groups in total. The number of rotatable bonds is 7. The number of anilines is 1. The molecule has 0 aliphatic heterocycles. The van der Waals surface area contributed by atoms with Gasteiger partial charge in [-0.05, 0) is 56.0 Å². The first-order valence-electron chi connectivity index (χ1n) is 9.59. The first-order valence-corrected chi connectivity index (χ1v) is 12.3. The maximum absolute atomic E-state index is 12.7. The van der Waals surface area contributed by atoms with Crippen LogP contribution < -0.4 is 4.31 Å². The second kappa shape index (κ2) is 8.55. The predicted molar refractivity (Wildman–Crippen MR) is 121 cm³/mol. The predicted octanol–water partition coefficient (Wildman–Crippen LogP) is 4.66. The van der Waals surface area contributed by atoms with Gasteiger partial charge in [0.2, 0.25) is 10.0 Å². The Bertz CT molecular complexity index is 1110. The maximum Gasteiger partial charge on any atom is 0.263 e. The van der Waals surface area contributed by atoms with Crippen LogP contribution in [-0.2, 0) is 16.6 Å². The zero-order valence-corrected chi connectivity index (χ0v) is 18.8. The summed E-state index contributed by atoms with van der Waals surface area (Å²) in [6.07, 6.45) is 1.22. The molecule has 0 bridgehead atoms. The highest BCUT2D eigenvalue weighted by Gasteiger charge is 2.20. The van der Waals surface area contributed by atoms with Crippen molar-refractivity contribution in [3.8, 4) is 0 Å². The van der Waals surface area contributed by atoms with Crippen LogP contribution in [0.3, 0.4) is 0 Å². The lowest BCUT2D eigenvalue weighted by Gasteiger charge is -2.22. The van der Waals surface area contributed by atoms with Crippen LogP contribution in [0.5, 0.6) is 0 Å². The van der Waals surface area contributed by atoms with Gasteiger partial charge < -0.3 is 4.90 Å². The number of sulfonamides is 1. The smallest absolute Gasteiger partial charge is 0.263 e. The Labute approximate surface area is 176 Å². The van der Waals surface area contributed by atoms with E-state index in [2.05, 4.69) is 0 Å². The second-order valence-corrected chi connectivity index (χ2v) is 10.1. The molecule has 0 aliphatic carbocycles. The summed E-state index contributed by atoms with van der Waals surface area (Å²) in [5, 5.41) is 0.876. The molecule has 0 saturated carbocycles. The summed E-state index contributed by atoms with van der Waals surface area (Å²) in [5.41, 5.74) is 2.65. The molecule has 1 aromatic heterocycles. The van der Waals surface area contributed by atoms with Gasteiger partial charge in [0.1, 0.15) is 0 Å². The number of aryl methyl sites for hydroxylation is 1. The van der Waals surface area contributed by atoms with Crippen molar-refractivity contribution in [2.75, 3.05) is 23.7 Å². The average Bonchev–Trinajstić information content (AvgIpc) is 3.10. The molecule has 0 unspecified atom stereocenters. The van der Waals surface area contributed by atoms with Gasteiger partial charge in [0.15, 0.2) is 0 Å². The fourth-order valence-electron chi connectivity index (χ4n) is 3.22. The molecule has 5 nitrogen and oxygen atoms in total. The van der Waals surface area contributed by atoms with E-state index in [9.17, 15) is 13.2 Å². The Morgan fingerprint density at radius 1 is 1.00 bits per heavy atom. The highest BCUT2D eigenvalue weighted by molar-refractivity contribution is 7.92. The van der Waals surface area contributed by atoms with E-state index in [1.165, 1.54) is 21.9 Å². The molecule has 0 saturated heterocycles. The normalized spacial score (nSPS) is 11.6. The van der Waals surface area contributed by atoms with Crippen LogP contribution in [0.1, 0.15) is 34.6 Å². The molecule has 0 spiro atoms. The molecule has 0 radical (unpaired) electrons. The SMILES string of the molecule is CCN(CC)C(=O)c1cc2cc(N(Cc3ccc(C)cc3)S(C)(=O)=O)ccc2s1. The molecule has 3 aromatic rings. The van der Waals surface area contributed by atoms with Gasteiger partial charge >= 0.3 is 0 Å². The number of thiophene rings is 1. The number of nitrogens with zero attached hydrogens (tertiary/aromatic N) is 2. The summed E-state index contributed by atoms with van der Waals surface area (Å²) in [7, 11) is -3.46. The molecule has 2 aromatic carbocycles. The van der Waals surface area contributed by atoms with Crippen molar-refractivity contribution in [2.24, 2.45) is 0 Å². The lowest BCUT2D eigenvalue weighted by atomic mass is 10.1. The molecule has 1 heterocycles. The zero-order chi connectivity index (χ0) is 21.2. The van der Waals surface area contributed by atoms with E-state index in [1.807, 2.05) is 63.2 Å². The molecular formula is C22H26N2O3S2. The summed E-state index contributed by atoms with van der Waals surface area (Å²) in [4.78, 5) is 15.1. The van der Waals surface area contributed by atoms with E-state index in [-0.39, 0.29) is 12.5 Å². The van der Waals surface area contributed by atoms with E-state index >= 15 is 0 Å². The summed E-state index contributed by atoms with van der Waals surface area (Å²) in [5.74, 6) is 0.0115. The highest BCUT2D eigenvalue weighted by Crippen LogP contribution is 2.31. The number of amides is 1. The lowest BCUT2D eigenvalue weighted by Crippen LogP contribution is -2.29. The van der Waals surface area contributed by atoms with Gasteiger partial charge in [-0.15, -0.1) is 11.3 Å². The van der Waals surface area contributed by atoms with Crippen LogP contribution in [0, 0.1) is 6.92 Å². The number of benzene rings is 2. The van der Waals surface area contributed by atoms with Crippen LogP contribution in [0.25, 0.3) is 10.1 Å². The number of carbonyl (C=O) groups is 1. The van der Waals surface area contributed by atoms with Crippen molar-refractivity contribution in [3.05, 3.63) is 64.5 Å². The molecule has 3 rings (SSSR count). The molecular weight excluding hydrogens is 404 g/mol. The van der Waals surface area contributed by atoms with E-state index in [0.717, 1.165) is 21.2 Å². The van der Waals surface area contributed by atoms with Gasteiger partial charge in [0.05, 0.1) is 23.4 Å². The lowest BCUT2D eigenvalue weighted by molar-refractivity contribution is 0.0778. The third-order valence-electron chi connectivity index (χ3n) is 4.90. The Morgan fingerprint density at radius 2 is 1.66 bits per heavy atom. The van der Waals surface area contributed by atoms with Crippen molar-refractivity contribution in [2.45, 2.75) is 27.3 Å². The van der Waals surface area contributed by atoms with Crippen molar-refractivity contribution >= 4 is 43.0 Å². The van der Waals surface area contributed by atoms with Crippen LogP contribution in [0.4, 0.5) is 5.69 Å². The van der Waals surface area contributed by atoms with Gasteiger partial charge in [-0.25, -0.2) is 8.42 Å². The summed E-state index contributed by atoms with van der Waals surface area (Å²) in [6, 6.07) is 15.2. The molecule has 29 heavy (non-hydrogen) atoms. The van der Waals surface area contributed by atoms with Crippen LogP contribution >= 0.6 is 11.3 Å². The van der Waals surface area contributed by atoms with Gasteiger partial charge in [0, 0.05) is 17.8 Å². The third-order valence-corrected chi connectivity index (χ3v) is 7.14. The second-order valence-electron chi connectivity index (χ2n) is 7.07. The Kier molecular flexibility index (Phi) is 6.29. The van der Waals surface area contributed by atoms with Crippen LogP contribution in [0.2, 0.25) is 0 Å². The summed E-state index contributed by atoms with van der Waals surface area (Å²) >= 11 is 1.44. The topological polar surface area (TPSA) is 57.7 Å². The fourth-order valence-corrected chi connectivity index (χ4v) is 5.11. The molecule has 7 heteroatoms. The number of carbonyl (C=O) groups excluding carboxylic acids is 1. The van der Waals surface area contributed by atoms with E-state index < -0.39 is 10.0 Å². The van der Waals surface area contributed by atoms with E-state index in [1.54, 1.807) is 11.0 Å². The largest absolute Gasteiger partial charge is 0.339 e. The van der Waals surface area contributed by atoms with Gasteiger partial charge in [-0.1, -0.05) is 29.8 Å². The van der Waals surface area contributed by atoms with Crippen molar-refractivity contribution in [1.82, 2.24) is 4.90 Å².